The molecular weight excluding hydrogens is 336 g/mol. The number of hydrogen-bond acceptors (Lipinski definition) is 3. The molecule has 0 unspecified atom stereocenters. The van der Waals surface area contributed by atoms with E-state index in [2.05, 4.69) is 15.0 Å². The van der Waals surface area contributed by atoms with E-state index in [1.165, 1.54) is 6.07 Å². The van der Waals surface area contributed by atoms with Gasteiger partial charge in [-0.25, -0.2) is 9.37 Å². The Labute approximate surface area is 141 Å². The molecule has 3 nitrogen and oxygen atoms in total. The van der Waals surface area contributed by atoms with E-state index in [1.807, 2.05) is 32.0 Å². The smallest absolute Gasteiger partial charge is 0.403 e. The summed E-state index contributed by atoms with van der Waals surface area (Å²) in [6.45, 7) is 3.96. The Hall–Kier alpha value is -2.83. The Balaban J connectivity index is 1.94. The monoisotopic (exact) mass is 350 g/mol. The van der Waals surface area contributed by atoms with Crippen LogP contribution in [0.1, 0.15) is 11.1 Å². The van der Waals surface area contributed by atoms with Crippen LogP contribution in [0.3, 0.4) is 0 Å². The highest BCUT2D eigenvalue weighted by Gasteiger charge is 2.32. The van der Waals surface area contributed by atoms with Gasteiger partial charge in [-0.05, 0) is 54.6 Å². The summed E-state index contributed by atoms with van der Waals surface area (Å²) in [6.07, 6.45) is -3.33. The van der Waals surface area contributed by atoms with Gasteiger partial charge in [-0.3, -0.25) is 0 Å². The summed E-state index contributed by atoms with van der Waals surface area (Å²) in [5, 5.41) is 4.73. The van der Waals surface area contributed by atoms with Crippen molar-refractivity contribution in [2.75, 3.05) is 5.32 Å². The van der Waals surface area contributed by atoms with Crippen LogP contribution in [0.25, 0.3) is 10.8 Å². The largest absolute Gasteiger partial charge is 0.573 e. The number of aromatic nitrogens is 1. The van der Waals surface area contributed by atoms with Crippen molar-refractivity contribution in [1.82, 2.24) is 4.98 Å². The second-order valence-corrected chi connectivity index (χ2v) is 5.64. The number of ether oxygens (including phenoxy) is 1. The van der Waals surface area contributed by atoms with E-state index in [-0.39, 0.29) is 5.69 Å². The van der Waals surface area contributed by atoms with Crippen LogP contribution in [0.5, 0.6) is 5.75 Å². The maximum atomic E-state index is 13.8. The maximum absolute atomic E-state index is 13.8. The predicted molar refractivity (Wildman–Crippen MR) is 87.6 cm³/mol. The third kappa shape index (κ3) is 3.81. The molecule has 0 spiro atoms. The molecule has 0 bridgehead atoms. The van der Waals surface area contributed by atoms with Crippen molar-refractivity contribution in [3.8, 4) is 5.75 Å². The molecule has 0 aliphatic carbocycles. The molecule has 25 heavy (non-hydrogen) atoms. The SMILES string of the molecule is Cc1cc2ccnc(Nc3ccc(OC(F)(F)F)c(F)c3)c2cc1C. The predicted octanol–water partition coefficient (Wildman–Crippen LogP) is 5.63. The lowest BCUT2D eigenvalue weighted by Crippen LogP contribution is -2.17. The summed E-state index contributed by atoms with van der Waals surface area (Å²) in [4.78, 5) is 4.24. The minimum atomic E-state index is -4.94. The van der Waals surface area contributed by atoms with E-state index < -0.39 is 17.9 Å². The first-order valence-corrected chi connectivity index (χ1v) is 7.41. The number of anilines is 2. The van der Waals surface area contributed by atoms with Gasteiger partial charge in [0, 0.05) is 23.3 Å². The van der Waals surface area contributed by atoms with Crippen LogP contribution in [-0.2, 0) is 0 Å². The number of alkyl halides is 3. The Bertz CT molecular complexity index is 938. The highest BCUT2D eigenvalue weighted by atomic mass is 19.4. The highest BCUT2D eigenvalue weighted by molar-refractivity contribution is 5.94. The van der Waals surface area contributed by atoms with E-state index in [9.17, 15) is 17.6 Å². The summed E-state index contributed by atoms with van der Waals surface area (Å²) in [5.74, 6) is -1.51. The second kappa shape index (κ2) is 6.23. The van der Waals surface area contributed by atoms with Gasteiger partial charge in [0.1, 0.15) is 5.82 Å². The van der Waals surface area contributed by atoms with Gasteiger partial charge in [-0.1, -0.05) is 6.07 Å². The Morgan fingerprint density at radius 2 is 1.72 bits per heavy atom. The molecule has 0 radical (unpaired) electrons. The number of nitrogens with one attached hydrogen (secondary N) is 1. The molecule has 1 N–H and O–H groups in total. The lowest BCUT2D eigenvalue weighted by atomic mass is 10.0. The van der Waals surface area contributed by atoms with E-state index >= 15 is 0 Å². The molecule has 2 aromatic carbocycles. The van der Waals surface area contributed by atoms with Crippen LogP contribution < -0.4 is 10.1 Å². The summed E-state index contributed by atoms with van der Waals surface area (Å²) in [7, 11) is 0. The normalized spacial score (nSPS) is 11.6. The van der Waals surface area contributed by atoms with Crippen molar-refractivity contribution in [2.24, 2.45) is 0 Å². The number of rotatable bonds is 3. The lowest BCUT2D eigenvalue weighted by Gasteiger charge is -2.13. The fraction of sp³-hybridized carbons (Fsp3) is 0.167. The maximum Gasteiger partial charge on any atom is 0.573 e. The Morgan fingerprint density at radius 3 is 2.40 bits per heavy atom. The minimum absolute atomic E-state index is 0.269. The Morgan fingerprint density at radius 1 is 1.00 bits per heavy atom. The van der Waals surface area contributed by atoms with Gasteiger partial charge in [0.15, 0.2) is 11.6 Å². The number of nitrogens with zero attached hydrogens (tertiary/aromatic N) is 1. The zero-order chi connectivity index (χ0) is 18.2. The molecule has 0 saturated heterocycles. The zero-order valence-corrected chi connectivity index (χ0v) is 13.4. The molecule has 3 aromatic rings. The minimum Gasteiger partial charge on any atom is -0.403 e. The van der Waals surface area contributed by atoms with Crippen LogP contribution in [0, 0.1) is 19.7 Å². The molecule has 7 heteroatoms. The molecule has 130 valence electrons. The molecule has 0 aliphatic rings. The highest BCUT2D eigenvalue weighted by Crippen LogP contribution is 2.30. The molecule has 0 atom stereocenters. The average molecular weight is 350 g/mol. The third-order valence-corrected chi connectivity index (χ3v) is 3.80. The average Bonchev–Trinajstić information content (AvgIpc) is 2.51. The van der Waals surface area contributed by atoms with Crippen molar-refractivity contribution < 1.29 is 22.3 Å². The lowest BCUT2D eigenvalue weighted by molar-refractivity contribution is -0.275. The summed E-state index contributed by atoms with van der Waals surface area (Å²) in [5.41, 5.74) is 2.47. The number of hydrogen-bond donors (Lipinski definition) is 1. The van der Waals surface area contributed by atoms with Gasteiger partial charge >= 0.3 is 6.36 Å². The second-order valence-electron chi connectivity index (χ2n) is 5.64. The fourth-order valence-electron chi connectivity index (χ4n) is 2.47. The molecule has 0 aliphatic heterocycles. The third-order valence-electron chi connectivity index (χ3n) is 3.80. The standard InChI is InChI=1S/C18H14F4N2O/c1-10-7-12-5-6-23-17(14(12)8-11(10)2)24-13-3-4-16(15(19)9-13)25-18(20,21)22/h3-9H,1-2H3,(H,23,24). The molecule has 0 amide bonds. The molecule has 0 fully saturated rings. The molecule has 0 saturated carbocycles. The van der Waals surface area contributed by atoms with E-state index in [0.29, 0.717) is 5.82 Å². The first-order chi connectivity index (χ1) is 11.7. The molecule has 1 heterocycles. The van der Waals surface area contributed by atoms with Gasteiger partial charge < -0.3 is 10.1 Å². The number of halogens is 4. The van der Waals surface area contributed by atoms with Gasteiger partial charge in [0.2, 0.25) is 0 Å². The van der Waals surface area contributed by atoms with E-state index in [1.54, 1.807) is 6.20 Å². The van der Waals surface area contributed by atoms with E-state index in [4.69, 9.17) is 0 Å². The van der Waals surface area contributed by atoms with Gasteiger partial charge in [0.25, 0.3) is 0 Å². The van der Waals surface area contributed by atoms with Crippen LogP contribution >= 0.6 is 0 Å². The van der Waals surface area contributed by atoms with Crippen molar-refractivity contribution in [1.29, 1.82) is 0 Å². The van der Waals surface area contributed by atoms with Crippen molar-refractivity contribution in [2.45, 2.75) is 20.2 Å². The summed E-state index contributed by atoms with van der Waals surface area (Å²) in [6, 6.07) is 8.98. The van der Waals surface area contributed by atoms with E-state index in [0.717, 1.165) is 34.0 Å². The quantitative estimate of drug-likeness (QED) is 0.621. The molecular formula is C18H14F4N2O. The number of fused-ring (bicyclic) bond motifs is 1. The van der Waals surface area contributed by atoms with Crippen molar-refractivity contribution >= 4 is 22.3 Å². The van der Waals surface area contributed by atoms with Crippen LogP contribution in [0.2, 0.25) is 0 Å². The van der Waals surface area contributed by atoms with Gasteiger partial charge in [-0.2, -0.15) is 0 Å². The fourth-order valence-corrected chi connectivity index (χ4v) is 2.47. The molecule has 3 rings (SSSR count). The number of benzene rings is 2. The summed E-state index contributed by atoms with van der Waals surface area (Å²) < 4.78 is 54.0. The summed E-state index contributed by atoms with van der Waals surface area (Å²) >= 11 is 0. The van der Waals surface area contributed by atoms with Crippen molar-refractivity contribution in [3.63, 3.8) is 0 Å². The van der Waals surface area contributed by atoms with Gasteiger partial charge in [-0.15, -0.1) is 13.2 Å². The zero-order valence-electron chi connectivity index (χ0n) is 13.4. The topological polar surface area (TPSA) is 34.2 Å². The van der Waals surface area contributed by atoms with Crippen LogP contribution in [0.4, 0.5) is 29.1 Å². The number of pyridine rings is 1. The van der Waals surface area contributed by atoms with Crippen LogP contribution in [-0.4, -0.2) is 11.3 Å². The first kappa shape index (κ1) is 17.0. The van der Waals surface area contributed by atoms with Gasteiger partial charge in [0.05, 0.1) is 0 Å². The first-order valence-electron chi connectivity index (χ1n) is 7.41. The Kier molecular flexibility index (Phi) is 4.24. The molecule has 1 aromatic heterocycles. The van der Waals surface area contributed by atoms with Crippen LogP contribution in [0.15, 0.2) is 42.6 Å². The number of aryl methyl sites for hydroxylation is 2. The van der Waals surface area contributed by atoms with Crippen molar-refractivity contribution in [3.05, 3.63) is 59.5 Å².